The van der Waals surface area contributed by atoms with Crippen molar-refractivity contribution in [2.75, 3.05) is 12.4 Å². The van der Waals surface area contributed by atoms with Crippen LogP contribution in [0, 0.1) is 5.82 Å². The number of nitrogens with one attached hydrogen (secondary N) is 1. The lowest BCUT2D eigenvalue weighted by atomic mass is 10.2. The summed E-state index contributed by atoms with van der Waals surface area (Å²) in [5.41, 5.74) is 1.16. The molecule has 18 heavy (non-hydrogen) atoms. The molecule has 0 aromatic carbocycles. The Labute approximate surface area is 102 Å². The van der Waals surface area contributed by atoms with Crippen LogP contribution in [0.4, 0.5) is 10.3 Å². The van der Waals surface area contributed by atoms with Gasteiger partial charge in [0.15, 0.2) is 11.5 Å². The third-order valence-electron chi connectivity index (χ3n) is 2.44. The van der Waals surface area contributed by atoms with Crippen LogP contribution in [0.25, 0.3) is 17.0 Å². The predicted octanol–water partition coefficient (Wildman–Crippen LogP) is 1.37. The van der Waals surface area contributed by atoms with E-state index in [9.17, 15) is 4.39 Å². The zero-order chi connectivity index (χ0) is 12.5. The average molecular weight is 244 g/mol. The van der Waals surface area contributed by atoms with Gasteiger partial charge in [-0.05, 0) is 6.07 Å². The maximum atomic E-state index is 13.1. The van der Waals surface area contributed by atoms with Crippen molar-refractivity contribution in [2.24, 2.45) is 0 Å². The van der Waals surface area contributed by atoms with E-state index in [2.05, 4.69) is 25.4 Å². The fourth-order valence-electron chi connectivity index (χ4n) is 1.65. The summed E-state index contributed by atoms with van der Waals surface area (Å²) < 4.78 is 14.7. The molecule has 6 nitrogen and oxygen atoms in total. The van der Waals surface area contributed by atoms with Crippen molar-refractivity contribution in [3.05, 3.63) is 36.5 Å². The lowest BCUT2D eigenvalue weighted by Crippen LogP contribution is -2.05. The van der Waals surface area contributed by atoms with Gasteiger partial charge in [-0.3, -0.25) is 4.98 Å². The minimum atomic E-state index is -0.421. The number of pyridine rings is 1. The first kappa shape index (κ1) is 10.6. The minimum Gasteiger partial charge on any atom is -0.357 e. The van der Waals surface area contributed by atoms with E-state index < -0.39 is 5.82 Å². The van der Waals surface area contributed by atoms with Crippen molar-refractivity contribution in [3.8, 4) is 11.4 Å². The number of hydrogen-bond acceptors (Lipinski definition) is 5. The second-order valence-electron chi connectivity index (χ2n) is 3.61. The molecule has 0 radical (unpaired) electrons. The molecule has 0 saturated heterocycles. The molecule has 3 heterocycles. The van der Waals surface area contributed by atoms with Crippen molar-refractivity contribution in [1.29, 1.82) is 0 Å². The molecule has 0 spiro atoms. The molecule has 0 aliphatic heterocycles. The first-order chi connectivity index (χ1) is 8.78. The molecule has 90 valence electrons. The van der Waals surface area contributed by atoms with Gasteiger partial charge in [-0.15, -0.1) is 0 Å². The molecule has 7 heteroatoms. The molecule has 3 rings (SSSR count). The van der Waals surface area contributed by atoms with Crippen LogP contribution in [-0.2, 0) is 0 Å². The maximum absolute atomic E-state index is 13.1. The second-order valence-corrected chi connectivity index (χ2v) is 3.61. The van der Waals surface area contributed by atoms with Gasteiger partial charge in [0.2, 0.25) is 5.95 Å². The molecular formula is C11H9FN6. The Kier molecular flexibility index (Phi) is 2.36. The predicted molar refractivity (Wildman–Crippen MR) is 63.5 cm³/mol. The summed E-state index contributed by atoms with van der Waals surface area (Å²) in [6.45, 7) is 0. The standard InChI is InChI=1S/C11H9FN6/c1-13-11-17-10(7-4-8(12)6-14-5-7)16-9-2-3-15-18(9)11/h2-6H,1H3,(H,13,16,17). The minimum absolute atomic E-state index is 0.402. The first-order valence-corrected chi connectivity index (χ1v) is 5.28. The number of aromatic nitrogens is 5. The van der Waals surface area contributed by atoms with Crippen molar-refractivity contribution in [2.45, 2.75) is 0 Å². The first-order valence-electron chi connectivity index (χ1n) is 5.28. The van der Waals surface area contributed by atoms with Crippen LogP contribution in [0.2, 0.25) is 0 Å². The van der Waals surface area contributed by atoms with Crippen LogP contribution in [0.5, 0.6) is 0 Å². The van der Waals surface area contributed by atoms with E-state index in [1.54, 1.807) is 23.8 Å². The third kappa shape index (κ3) is 1.65. The van der Waals surface area contributed by atoms with Gasteiger partial charge in [0.05, 0.1) is 12.4 Å². The smallest absolute Gasteiger partial charge is 0.227 e. The lowest BCUT2D eigenvalue weighted by Gasteiger charge is -2.05. The van der Waals surface area contributed by atoms with E-state index in [1.807, 2.05) is 0 Å². The number of anilines is 1. The molecule has 0 atom stereocenters. The van der Waals surface area contributed by atoms with Crippen LogP contribution in [0.15, 0.2) is 30.7 Å². The van der Waals surface area contributed by atoms with E-state index in [4.69, 9.17) is 0 Å². The van der Waals surface area contributed by atoms with Gasteiger partial charge in [-0.25, -0.2) is 9.37 Å². The van der Waals surface area contributed by atoms with Crippen molar-refractivity contribution >= 4 is 11.6 Å². The number of nitrogens with zero attached hydrogens (tertiary/aromatic N) is 5. The molecule has 0 aliphatic carbocycles. The topological polar surface area (TPSA) is 68.0 Å². The summed E-state index contributed by atoms with van der Waals surface area (Å²) in [7, 11) is 1.73. The molecule has 1 N–H and O–H groups in total. The van der Waals surface area contributed by atoms with Crippen molar-refractivity contribution < 1.29 is 4.39 Å². The Hall–Kier alpha value is -2.57. The van der Waals surface area contributed by atoms with Crippen LogP contribution in [0.3, 0.4) is 0 Å². The van der Waals surface area contributed by atoms with Gasteiger partial charge in [0.1, 0.15) is 5.82 Å². The summed E-state index contributed by atoms with van der Waals surface area (Å²) in [6, 6.07) is 3.09. The van der Waals surface area contributed by atoms with E-state index in [1.165, 1.54) is 12.3 Å². The van der Waals surface area contributed by atoms with Crippen LogP contribution in [-0.4, -0.2) is 31.6 Å². The highest BCUT2D eigenvalue weighted by molar-refractivity contribution is 5.59. The third-order valence-corrected chi connectivity index (χ3v) is 2.44. The Bertz CT molecular complexity index is 708. The number of hydrogen-bond donors (Lipinski definition) is 1. The largest absolute Gasteiger partial charge is 0.357 e. The number of halogens is 1. The monoisotopic (exact) mass is 244 g/mol. The highest BCUT2D eigenvalue weighted by Crippen LogP contribution is 2.17. The highest BCUT2D eigenvalue weighted by atomic mass is 19.1. The Morgan fingerprint density at radius 3 is 2.94 bits per heavy atom. The molecule has 0 saturated carbocycles. The van der Waals surface area contributed by atoms with Crippen molar-refractivity contribution in [3.63, 3.8) is 0 Å². The summed E-state index contributed by atoms with van der Waals surface area (Å²) in [4.78, 5) is 12.4. The zero-order valence-corrected chi connectivity index (χ0v) is 9.50. The molecule has 3 aromatic rings. The van der Waals surface area contributed by atoms with Crippen LogP contribution < -0.4 is 5.32 Å². The molecule has 0 bridgehead atoms. The molecule has 0 amide bonds. The zero-order valence-electron chi connectivity index (χ0n) is 9.50. The summed E-state index contributed by atoms with van der Waals surface area (Å²) in [5.74, 6) is 0.513. The molecular weight excluding hydrogens is 235 g/mol. The Balaban J connectivity index is 2.23. The van der Waals surface area contributed by atoms with Gasteiger partial charge in [-0.2, -0.15) is 14.6 Å². The highest BCUT2D eigenvalue weighted by Gasteiger charge is 2.09. The van der Waals surface area contributed by atoms with Gasteiger partial charge in [0.25, 0.3) is 0 Å². The van der Waals surface area contributed by atoms with Gasteiger partial charge in [-0.1, -0.05) is 0 Å². The lowest BCUT2D eigenvalue weighted by molar-refractivity contribution is 0.622. The normalized spacial score (nSPS) is 10.8. The molecule has 0 unspecified atom stereocenters. The maximum Gasteiger partial charge on any atom is 0.227 e. The SMILES string of the molecule is CNc1nc(-c2cncc(F)c2)nc2ccnn12. The summed E-state index contributed by atoms with van der Waals surface area (Å²) >= 11 is 0. The number of rotatable bonds is 2. The summed E-state index contributed by atoms with van der Waals surface area (Å²) in [6.07, 6.45) is 4.28. The Morgan fingerprint density at radius 2 is 2.17 bits per heavy atom. The fourth-order valence-corrected chi connectivity index (χ4v) is 1.65. The van der Waals surface area contributed by atoms with Crippen molar-refractivity contribution in [1.82, 2.24) is 24.6 Å². The molecule has 0 fully saturated rings. The van der Waals surface area contributed by atoms with E-state index in [0.717, 1.165) is 6.20 Å². The summed E-state index contributed by atoms with van der Waals surface area (Å²) in [5, 5.41) is 7.00. The number of fused-ring (bicyclic) bond motifs is 1. The van der Waals surface area contributed by atoms with Gasteiger partial charge in [0, 0.05) is 24.9 Å². The van der Waals surface area contributed by atoms with E-state index in [-0.39, 0.29) is 0 Å². The molecule has 0 aliphatic rings. The van der Waals surface area contributed by atoms with Gasteiger partial charge < -0.3 is 5.32 Å². The Morgan fingerprint density at radius 1 is 1.28 bits per heavy atom. The molecule has 3 aromatic heterocycles. The quantitative estimate of drug-likeness (QED) is 0.737. The van der Waals surface area contributed by atoms with E-state index in [0.29, 0.717) is 23.0 Å². The van der Waals surface area contributed by atoms with E-state index >= 15 is 0 Å². The van der Waals surface area contributed by atoms with Crippen LogP contribution >= 0.6 is 0 Å². The van der Waals surface area contributed by atoms with Crippen LogP contribution in [0.1, 0.15) is 0 Å². The fraction of sp³-hybridized carbons (Fsp3) is 0.0909. The average Bonchev–Trinajstić information content (AvgIpc) is 2.85. The second kappa shape index (κ2) is 4.02. The van der Waals surface area contributed by atoms with Gasteiger partial charge >= 0.3 is 0 Å².